The summed E-state index contributed by atoms with van der Waals surface area (Å²) in [5.41, 5.74) is 0. The monoisotopic (exact) mass is 171 g/mol. The fourth-order valence-electron chi connectivity index (χ4n) is 0.688. The summed E-state index contributed by atoms with van der Waals surface area (Å²) in [5, 5.41) is 0. The van der Waals surface area contributed by atoms with E-state index in [9.17, 15) is 0 Å². The van der Waals surface area contributed by atoms with Crippen molar-refractivity contribution < 1.29 is 4.74 Å². The molecule has 11 heavy (non-hydrogen) atoms. The minimum absolute atomic E-state index is 0. The van der Waals surface area contributed by atoms with Crippen LogP contribution in [0.25, 0.3) is 0 Å². The van der Waals surface area contributed by atoms with Crippen LogP contribution in [0.2, 0.25) is 0 Å². The number of hydrogen-bond acceptors (Lipinski definition) is 1. The van der Waals surface area contributed by atoms with Gasteiger partial charge in [-0.3, -0.25) is 0 Å². The van der Waals surface area contributed by atoms with Crippen LogP contribution >= 0.6 is 12.4 Å². The molecular formula is C9H12ClO. The Labute approximate surface area is 73.8 Å². The summed E-state index contributed by atoms with van der Waals surface area (Å²) >= 11 is 0. The van der Waals surface area contributed by atoms with Crippen molar-refractivity contribution in [2.75, 3.05) is 6.61 Å². The SMILES string of the molecule is CCCOc1cc[c]cc1.Cl. The van der Waals surface area contributed by atoms with Gasteiger partial charge in [-0.15, -0.1) is 12.4 Å². The molecule has 0 saturated carbocycles. The van der Waals surface area contributed by atoms with Crippen molar-refractivity contribution in [3.63, 3.8) is 0 Å². The van der Waals surface area contributed by atoms with E-state index in [0.29, 0.717) is 0 Å². The standard InChI is InChI=1S/C9H11O.ClH/c1-2-8-10-9-6-4-3-5-7-9;/h4-7H,2,8H2,1H3;1H. The second kappa shape index (κ2) is 6.05. The predicted octanol–water partition coefficient (Wildman–Crippen LogP) is 2.70. The Hall–Kier alpha value is -0.690. The quantitative estimate of drug-likeness (QED) is 0.680. The van der Waals surface area contributed by atoms with Crippen LogP contribution in [0.1, 0.15) is 13.3 Å². The van der Waals surface area contributed by atoms with Gasteiger partial charge in [0.05, 0.1) is 6.61 Å². The van der Waals surface area contributed by atoms with E-state index in [2.05, 4.69) is 13.0 Å². The van der Waals surface area contributed by atoms with Crippen LogP contribution in [-0.2, 0) is 0 Å². The lowest BCUT2D eigenvalue weighted by atomic mass is 10.3. The Morgan fingerprint density at radius 3 is 2.55 bits per heavy atom. The fourth-order valence-corrected chi connectivity index (χ4v) is 0.688. The number of benzene rings is 1. The lowest BCUT2D eigenvalue weighted by Crippen LogP contribution is -1.93. The zero-order chi connectivity index (χ0) is 7.23. The largest absolute Gasteiger partial charge is 0.494 e. The normalized spacial score (nSPS) is 8.45. The molecule has 1 nitrogen and oxygen atoms in total. The van der Waals surface area contributed by atoms with Gasteiger partial charge in [-0.1, -0.05) is 19.1 Å². The first-order valence-electron chi connectivity index (χ1n) is 3.52. The summed E-state index contributed by atoms with van der Waals surface area (Å²) in [4.78, 5) is 0. The minimum Gasteiger partial charge on any atom is -0.494 e. The third-order valence-corrected chi connectivity index (χ3v) is 1.16. The van der Waals surface area contributed by atoms with E-state index in [1.54, 1.807) is 0 Å². The van der Waals surface area contributed by atoms with Crippen LogP contribution in [0, 0.1) is 6.07 Å². The van der Waals surface area contributed by atoms with E-state index in [0.717, 1.165) is 18.8 Å². The van der Waals surface area contributed by atoms with Crippen LogP contribution in [0.3, 0.4) is 0 Å². The van der Waals surface area contributed by atoms with Gasteiger partial charge >= 0.3 is 0 Å². The van der Waals surface area contributed by atoms with Gasteiger partial charge in [0.1, 0.15) is 5.75 Å². The summed E-state index contributed by atoms with van der Waals surface area (Å²) < 4.78 is 5.34. The van der Waals surface area contributed by atoms with Gasteiger partial charge in [0.25, 0.3) is 0 Å². The van der Waals surface area contributed by atoms with Crippen molar-refractivity contribution in [2.45, 2.75) is 13.3 Å². The van der Waals surface area contributed by atoms with Gasteiger partial charge in [-0.2, -0.15) is 0 Å². The molecule has 2 heteroatoms. The average Bonchev–Trinajstić information content (AvgIpc) is 2.03. The fraction of sp³-hybridized carbons (Fsp3) is 0.333. The molecule has 0 aliphatic heterocycles. The van der Waals surface area contributed by atoms with E-state index in [4.69, 9.17) is 4.74 Å². The van der Waals surface area contributed by atoms with E-state index < -0.39 is 0 Å². The second-order valence-corrected chi connectivity index (χ2v) is 2.08. The smallest absolute Gasteiger partial charge is 0.119 e. The van der Waals surface area contributed by atoms with Crippen molar-refractivity contribution >= 4 is 12.4 Å². The highest BCUT2D eigenvalue weighted by molar-refractivity contribution is 5.85. The van der Waals surface area contributed by atoms with Gasteiger partial charge in [0.15, 0.2) is 0 Å². The highest BCUT2D eigenvalue weighted by Crippen LogP contribution is 2.07. The van der Waals surface area contributed by atoms with Crippen molar-refractivity contribution in [3.05, 3.63) is 30.3 Å². The molecule has 0 aliphatic rings. The van der Waals surface area contributed by atoms with E-state index >= 15 is 0 Å². The molecule has 0 fully saturated rings. The molecule has 0 spiro atoms. The zero-order valence-electron chi connectivity index (χ0n) is 6.54. The molecule has 1 aromatic carbocycles. The number of hydrogen-bond donors (Lipinski definition) is 0. The Bertz CT molecular complexity index is 174. The molecule has 0 bridgehead atoms. The molecule has 61 valence electrons. The first-order chi connectivity index (χ1) is 4.93. The molecule has 0 N–H and O–H groups in total. The Kier molecular flexibility index (Phi) is 5.67. The van der Waals surface area contributed by atoms with Gasteiger partial charge in [0.2, 0.25) is 0 Å². The van der Waals surface area contributed by atoms with E-state index in [1.807, 2.05) is 24.3 Å². The third kappa shape index (κ3) is 3.89. The highest BCUT2D eigenvalue weighted by atomic mass is 35.5. The van der Waals surface area contributed by atoms with Gasteiger partial charge in [-0.05, 0) is 24.6 Å². The van der Waals surface area contributed by atoms with Crippen molar-refractivity contribution in [1.82, 2.24) is 0 Å². The number of rotatable bonds is 3. The Balaban J connectivity index is 0.000001000. The van der Waals surface area contributed by atoms with Gasteiger partial charge in [0, 0.05) is 0 Å². The molecule has 0 heterocycles. The first-order valence-corrected chi connectivity index (χ1v) is 3.52. The van der Waals surface area contributed by atoms with Crippen LogP contribution in [-0.4, -0.2) is 6.61 Å². The lowest BCUT2D eigenvalue weighted by Gasteiger charge is -2.01. The average molecular weight is 172 g/mol. The molecule has 0 atom stereocenters. The second-order valence-electron chi connectivity index (χ2n) is 2.08. The number of ether oxygens (including phenoxy) is 1. The predicted molar refractivity (Wildman–Crippen MR) is 48.3 cm³/mol. The maximum atomic E-state index is 5.34. The summed E-state index contributed by atoms with van der Waals surface area (Å²) in [7, 11) is 0. The molecule has 1 aromatic rings. The molecule has 0 saturated heterocycles. The topological polar surface area (TPSA) is 9.23 Å². The molecule has 0 aliphatic carbocycles. The van der Waals surface area contributed by atoms with Gasteiger partial charge < -0.3 is 4.74 Å². The lowest BCUT2D eigenvalue weighted by molar-refractivity contribution is 0.317. The molecular weight excluding hydrogens is 160 g/mol. The molecule has 0 unspecified atom stereocenters. The van der Waals surface area contributed by atoms with Crippen LogP contribution < -0.4 is 4.74 Å². The first kappa shape index (κ1) is 10.3. The summed E-state index contributed by atoms with van der Waals surface area (Å²) in [5.74, 6) is 0.931. The Morgan fingerprint density at radius 2 is 2.00 bits per heavy atom. The van der Waals surface area contributed by atoms with Crippen LogP contribution in [0.15, 0.2) is 24.3 Å². The van der Waals surface area contributed by atoms with Crippen molar-refractivity contribution in [1.29, 1.82) is 0 Å². The third-order valence-electron chi connectivity index (χ3n) is 1.16. The van der Waals surface area contributed by atoms with Gasteiger partial charge in [-0.25, -0.2) is 0 Å². The summed E-state index contributed by atoms with van der Waals surface area (Å²) in [6.45, 7) is 2.89. The maximum absolute atomic E-state index is 5.34. The molecule has 1 radical (unpaired) electrons. The van der Waals surface area contributed by atoms with E-state index in [-0.39, 0.29) is 12.4 Å². The van der Waals surface area contributed by atoms with Crippen molar-refractivity contribution in [2.24, 2.45) is 0 Å². The number of halogens is 1. The maximum Gasteiger partial charge on any atom is 0.119 e. The summed E-state index contributed by atoms with van der Waals surface area (Å²) in [6, 6.07) is 10.5. The van der Waals surface area contributed by atoms with E-state index in [1.165, 1.54) is 0 Å². The minimum atomic E-state index is 0. The molecule has 0 amide bonds. The molecule has 0 aromatic heterocycles. The zero-order valence-corrected chi connectivity index (χ0v) is 7.36. The Morgan fingerprint density at radius 1 is 1.36 bits per heavy atom. The van der Waals surface area contributed by atoms with Crippen LogP contribution in [0.4, 0.5) is 0 Å². The van der Waals surface area contributed by atoms with Crippen LogP contribution in [0.5, 0.6) is 5.75 Å². The molecule has 1 rings (SSSR count). The summed E-state index contributed by atoms with van der Waals surface area (Å²) in [6.07, 6.45) is 1.05. The highest BCUT2D eigenvalue weighted by Gasteiger charge is 1.86. The van der Waals surface area contributed by atoms with Crippen molar-refractivity contribution in [3.8, 4) is 5.75 Å².